The number of hydrogen-bond donors (Lipinski definition) is 3. The highest BCUT2D eigenvalue weighted by Crippen LogP contribution is 2.28. The van der Waals surface area contributed by atoms with E-state index in [0.717, 1.165) is 16.9 Å². The quantitative estimate of drug-likeness (QED) is 0.755. The van der Waals surface area contributed by atoms with Crippen LogP contribution in [0.3, 0.4) is 0 Å². The molecule has 0 aliphatic heterocycles. The monoisotopic (exact) mass is 299 g/mol. The van der Waals surface area contributed by atoms with Crippen molar-refractivity contribution in [1.29, 1.82) is 0 Å². The van der Waals surface area contributed by atoms with Gasteiger partial charge in [0.15, 0.2) is 0 Å². The van der Waals surface area contributed by atoms with Gasteiger partial charge in [0.2, 0.25) is 0 Å². The van der Waals surface area contributed by atoms with E-state index < -0.39 is 38.5 Å². The minimum atomic E-state index is -5.84. The molecule has 0 radical (unpaired) electrons. The van der Waals surface area contributed by atoms with Gasteiger partial charge in [-0.2, -0.15) is 21.6 Å². The Bertz CT molecular complexity index is 600. The van der Waals surface area contributed by atoms with Crippen LogP contribution >= 0.6 is 0 Å². The van der Waals surface area contributed by atoms with Gasteiger partial charge < -0.3 is 10.2 Å². The number of halogens is 3. The lowest BCUT2D eigenvalue weighted by atomic mass is 10.1. The number of rotatable bonds is 2. The number of nitrogens with one attached hydrogen (secondary N) is 1. The van der Waals surface area contributed by atoms with E-state index in [4.69, 9.17) is 0 Å². The molecule has 6 nitrogen and oxygen atoms in total. The van der Waals surface area contributed by atoms with E-state index in [1.165, 1.54) is 6.92 Å². The minimum absolute atomic E-state index is 0.00442. The smallest absolute Gasteiger partial charge is 0.508 e. The number of carbonyl (C=O) groups is 1. The molecule has 19 heavy (non-hydrogen) atoms. The molecular formula is C9H8F3NO5S. The lowest BCUT2D eigenvalue weighted by molar-refractivity contribution is -0.0446. The van der Waals surface area contributed by atoms with Crippen molar-refractivity contribution in [3.05, 3.63) is 23.3 Å². The van der Waals surface area contributed by atoms with E-state index >= 15 is 0 Å². The van der Waals surface area contributed by atoms with Crippen LogP contribution < -0.4 is 4.72 Å². The maximum Gasteiger partial charge on any atom is 0.516 e. The molecule has 0 bridgehead atoms. The van der Waals surface area contributed by atoms with Crippen molar-refractivity contribution < 1.29 is 36.6 Å². The number of phenols is 2. The Morgan fingerprint density at radius 2 is 1.63 bits per heavy atom. The highest BCUT2D eigenvalue weighted by atomic mass is 32.2. The Hall–Kier alpha value is -1.97. The van der Waals surface area contributed by atoms with Crippen molar-refractivity contribution in [3.63, 3.8) is 0 Å². The Morgan fingerprint density at radius 1 is 1.21 bits per heavy atom. The highest BCUT2D eigenvalue weighted by Gasteiger charge is 2.47. The number of hydrogen-bond acceptors (Lipinski definition) is 5. The van der Waals surface area contributed by atoms with Crippen molar-refractivity contribution in [2.75, 3.05) is 0 Å². The summed E-state index contributed by atoms with van der Waals surface area (Å²) in [4.78, 5) is 11.3. The first-order valence-corrected chi connectivity index (χ1v) is 6.10. The Balaban J connectivity index is 3.11. The average Bonchev–Trinajstić information content (AvgIpc) is 2.22. The van der Waals surface area contributed by atoms with Gasteiger partial charge in [-0.15, -0.1) is 0 Å². The lowest BCUT2D eigenvalue weighted by Crippen LogP contribution is -2.40. The van der Waals surface area contributed by atoms with E-state index in [9.17, 15) is 36.6 Å². The van der Waals surface area contributed by atoms with Crippen LogP contribution in [0.2, 0.25) is 0 Å². The van der Waals surface area contributed by atoms with Crippen molar-refractivity contribution >= 4 is 15.9 Å². The fraction of sp³-hybridized carbons (Fsp3) is 0.222. The van der Waals surface area contributed by atoms with Gasteiger partial charge in [-0.3, -0.25) is 4.79 Å². The fourth-order valence-electron chi connectivity index (χ4n) is 1.05. The third-order valence-electron chi connectivity index (χ3n) is 2.15. The van der Waals surface area contributed by atoms with Crippen LogP contribution in [0.5, 0.6) is 11.5 Å². The summed E-state index contributed by atoms with van der Waals surface area (Å²) in [7, 11) is -5.84. The average molecular weight is 299 g/mol. The molecular weight excluding hydrogens is 291 g/mol. The van der Waals surface area contributed by atoms with Crippen LogP contribution in [0.25, 0.3) is 0 Å². The molecule has 0 aliphatic rings. The Labute approximate surface area is 105 Å². The van der Waals surface area contributed by atoms with Crippen molar-refractivity contribution in [3.8, 4) is 11.5 Å². The van der Waals surface area contributed by atoms with Gasteiger partial charge in [0.05, 0.1) is 0 Å². The second-order valence-corrected chi connectivity index (χ2v) is 5.19. The van der Waals surface area contributed by atoms with Crippen LogP contribution in [0.1, 0.15) is 15.9 Å². The number of carbonyl (C=O) groups excluding carboxylic acids is 1. The second-order valence-electron chi connectivity index (χ2n) is 3.52. The van der Waals surface area contributed by atoms with Crippen LogP contribution in [0, 0.1) is 6.92 Å². The maximum atomic E-state index is 12.0. The zero-order valence-corrected chi connectivity index (χ0v) is 10.1. The van der Waals surface area contributed by atoms with E-state index in [1.807, 2.05) is 0 Å². The van der Waals surface area contributed by atoms with Gasteiger partial charge in [0.1, 0.15) is 11.5 Å². The SMILES string of the molecule is Cc1c(O)cc(C(=O)NS(=O)(=O)C(F)(F)F)cc1O. The van der Waals surface area contributed by atoms with Gasteiger partial charge >= 0.3 is 15.5 Å². The predicted molar refractivity (Wildman–Crippen MR) is 56.9 cm³/mol. The summed E-state index contributed by atoms with van der Waals surface area (Å²) in [5, 5.41) is 18.6. The third-order valence-corrected chi connectivity index (χ3v) is 3.21. The van der Waals surface area contributed by atoms with Gasteiger partial charge in [-0.25, -0.2) is 4.72 Å². The van der Waals surface area contributed by atoms with Crippen molar-refractivity contribution in [2.45, 2.75) is 12.4 Å². The summed E-state index contributed by atoms with van der Waals surface area (Å²) >= 11 is 0. The van der Waals surface area contributed by atoms with Crippen LogP contribution in [0.4, 0.5) is 13.2 Å². The number of alkyl halides is 3. The van der Waals surface area contributed by atoms with Gasteiger partial charge in [-0.1, -0.05) is 0 Å². The summed E-state index contributed by atoms with van der Waals surface area (Å²) < 4.78 is 58.2. The van der Waals surface area contributed by atoms with Crippen molar-refractivity contribution in [2.24, 2.45) is 0 Å². The minimum Gasteiger partial charge on any atom is -0.508 e. The van der Waals surface area contributed by atoms with Crippen LogP contribution in [-0.2, 0) is 10.0 Å². The molecule has 0 fully saturated rings. The van der Waals surface area contributed by atoms with Gasteiger partial charge in [0.25, 0.3) is 5.91 Å². The number of sulfonamides is 1. The first-order valence-electron chi connectivity index (χ1n) is 4.61. The number of aromatic hydroxyl groups is 2. The predicted octanol–water partition coefficient (Wildman–Crippen LogP) is 0.986. The molecule has 3 N–H and O–H groups in total. The lowest BCUT2D eigenvalue weighted by Gasteiger charge is -2.10. The first kappa shape index (κ1) is 15.1. The van der Waals surface area contributed by atoms with E-state index in [2.05, 4.69) is 0 Å². The van der Waals surface area contributed by atoms with E-state index in [-0.39, 0.29) is 5.56 Å². The zero-order valence-electron chi connectivity index (χ0n) is 9.32. The molecule has 106 valence electrons. The van der Waals surface area contributed by atoms with Gasteiger partial charge in [-0.05, 0) is 19.1 Å². The van der Waals surface area contributed by atoms with Gasteiger partial charge in [0, 0.05) is 11.1 Å². The summed E-state index contributed by atoms with van der Waals surface area (Å²) in [6.45, 7) is 1.29. The molecule has 0 heterocycles. The molecule has 0 spiro atoms. The summed E-state index contributed by atoms with van der Waals surface area (Å²) in [5.74, 6) is -2.74. The largest absolute Gasteiger partial charge is 0.516 e. The van der Waals surface area contributed by atoms with E-state index in [1.54, 1.807) is 0 Å². The number of amides is 1. The molecule has 1 amide bonds. The fourth-order valence-corrected chi connectivity index (χ4v) is 1.53. The first-order chi connectivity index (χ1) is 8.45. The standard InChI is InChI=1S/C9H8F3NO5S/c1-4-6(14)2-5(3-7(4)15)8(16)13-19(17,18)9(10,11)12/h2-3,14-15H,1H3,(H,13,16). The number of phenolic OH excluding ortho intramolecular Hbond substituents is 2. The number of benzene rings is 1. The Morgan fingerprint density at radius 3 is 2.00 bits per heavy atom. The topological polar surface area (TPSA) is 104 Å². The maximum absolute atomic E-state index is 12.0. The van der Waals surface area contributed by atoms with Crippen molar-refractivity contribution in [1.82, 2.24) is 4.72 Å². The normalized spacial score (nSPS) is 12.2. The van der Waals surface area contributed by atoms with Crippen LogP contribution in [0.15, 0.2) is 12.1 Å². The zero-order chi connectivity index (χ0) is 15.0. The third kappa shape index (κ3) is 3.08. The molecule has 0 aliphatic carbocycles. The molecule has 1 aromatic rings. The summed E-state index contributed by atoms with van der Waals surface area (Å²) in [5.41, 5.74) is -6.28. The molecule has 1 aromatic carbocycles. The molecule has 0 aromatic heterocycles. The molecule has 0 saturated heterocycles. The van der Waals surface area contributed by atoms with E-state index in [0.29, 0.717) is 0 Å². The molecule has 0 saturated carbocycles. The van der Waals surface area contributed by atoms with Crippen LogP contribution in [-0.4, -0.2) is 30.0 Å². The molecule has 0 atom stereocenters. The summed E-state index contributed by atoms with van der Waals surface area (Å²) in [6, 6.07) is 1.46. The highest BCUT2D eigenvalue weighted by molar-refractivity contribution is 7.90. The summed E-state index contributed by atoms with van der Waals surface area (Å²) in [6.07, 6.45) is 0. The molecule has 10 heteroatoms. The Kier molecular flexibility index (Phi) is 3.66. The molecule has 1 rings (SSSR count). The molecule has 0 unspecified atom stereocenters. The second kappa shape index (κ2) is 4.61.